The summed E-state index contributed by atoms with van der Waals surface area (Å²) in [6, 6.07) is 2.60. The van der Waals surface area contributed by atoms with Gasteiger partial charge < -0.3 is 19.5 Å². The third-order valence-corrected chi connectivity index (χ3v) is 3.07. The summed E-state index contributed by atoms with van der Waals surface area (Å²) < 4.78 is 15.5. The molecule has 8 heteroatoms. The molecule has 1 unspecified atom stereocenters. The zero-order valence-corrected chi connectivity index (χ0v) is 14.8. The molecule has 0 spiro atoms. The predicted molar refractivity (Wildman–Crippen MR) is 88.7 cm³/mol. The summed E-state index contributed by atoms with van der Waals surface area (Å²) in [4.78, 5) is 22.3. The highest BCUT2D eigenvalue weighted by molar-refractivity contribution is 5.68. The standard InChI is InChI=1S/C16H24N2O6/c1-10(17-15(19)24-16(2,3)4)7-11-8-14(23-6)12(18(20)21)9-13(11)22-5/h8-10H,7H2,1-6H3,(H,17,19). The number of nitrogens with zero attached hydrogens (tertiary/aromatic N) is 1. The van der Waals surface area contributed by atoms with Crippen molar-refractivity contribution < 1.29 is 23.9 Å². The van der Waals surface area contributed by atoms with Gasteiger partial charge in [-0.3, -0.25) is 10.1 Å². The molecule has 0 aliphatic heterocycles. The molecule has 0 aliphatic carbocycles. The SMILES string of the molecule is COc1cc([N+](=O)[O-])c(OC)cc1CC(C)NC(=O)OC(C)(C)C. The molecule has 1 atom stereocenters. The smallest absolute Gasteiger partial charge is 0.407 e. The highest BCUT2D eigenvalue weighted by Crippen LogP contribution is 2.35. The van der Waals surface area contributed by atoms with E-state index in [1.54, 1.807) is 33.8 Å². The van der Waals surface area contributed by atoms with Gasteiger partial charge in [0.25, 0.3) is 0 Å². The lowest BCUT2D eigenvalue weighted by Gasteiger charge is -2.22. The van der Waals surface area contributed by atoms with Crippen molar-refractivity contribution in [1.82, 2.24) is 5.32 Å². The Hall–Kier alpha value is -2.51. The number of nitro groups is 1. The van der Waals surface area contributed by atoms with E-state index >= 15 is 0 Å². The molecule has 1 rings (SSSR count). The number of ether oxygens (including phenoxy) is 3. The first-order chi connectivity index (χ1) is 11.1. The molecule has 1 aromatic carbocycles. The Morgan fingerprint density at radius 3 is 2.29 bits per heavy atom. The van der Waals surface area contributed by atoms with Crippen molar-refractivity contribution in [3.8, 4) is 11.5 Å². The molecule has 1 N–H and O–H groups in total. The van der Waals surface area contributed by atoms with Crippen molar-refractivity contribution in [3.63, 3.8) is 0 Å². The second-order valence-electron chi connectivity index (χ2n) is 6.34. The Balaban J connectivity index is 2.93. The fourth-order valence-electron chi connectivity index (χ4n) is 2.14. The van der Waals surface area contributed by atoms with Crippen LogP contribution < -0.4 is 14.8 Å². The van der Waals surface area contributed by atoms with Gasteiger partial charge >= 0.3 is 11.8 Å². The fraction of sp³-hybridized carbons (Fsp3) is 0.562. The first kappa shape index (κ1) is 19.5. The Labute approximate surface area is 141 Å². The summed E-state index contributed by atoms with van der Waals surface area (Å²) in [6.45, 7) is 7.14. The van der Waals surface area contributed by atoms with Crippen LogP contribution in [0.5, 0.6) is 11.5 Å². The summed E-state index contributed by atoms with van der Waals surface area (Å²) in [7, 11) is 2.79. The van der Waals surface area contributed by atoms with Crippen LogP contribution in [0.4, 0.5) is 10.5 Å². The quantitative estimate of drug-likeness (QED) is 0.631. The number of nitrogens with one attached hydrogen (secondary N) is 1. The molecule has 0 heterocycles. The molecule has 0 saturated heterocycles. The highest BCUT2D eigenvalue weighted by atomic mass is 16.6. The number of methoxy groups -OCH3 is 2. The maximum atomic E-state index is 11.8. The summed E-state index contributed by atoms with van der Waals surface area (Å²) in [5.74, 6) is 0.501. The van der Waals surface area contributed by atoms with E-state index in [9.17, 15) is 14.9 Å². The third kappa shape index (κ3) is 5.60. The zero-order valence-electron chi connectivity index (χ0n) is 14.8. The fourth-order valence-corrected chi connectivity index (χ4v) is 2.14. The van der Waals surface area contributed by atoms with Gasteiger partial charge in [-0.25, -0.2) is 4.79 Å². The lowest BCUT2D eigenvalue weighted by molar-refractivity contribution is -0.385. The van der Waals surface area contributed by atoms with Crippen LogP contribution >= 0.6 is 0 Å². The summed E-state index contributed by atoms with van der Waals surface area (Å²) >= 11 is 0. The van der Waals surface area contributed by atoms with E-state index in [4.69, 9.17) is 14.2 Å². The van der Waals surface area contributed by atoms with Crippen molar-refractivity contribution in [2.45, 2.75) is 45.8 Å². The Morgan fingerprint density at radius 1 is 1.25 bits per heavy atom. The molecule has 1 amide bonds. The van der Waals surface area contributed by atoms with E-state index in [-0.39, 0.29) is 17.5 Å². The van der Waals surface area contributed by atoms with Crippen molar-refractivity contribution >= 4 is 11.8 Å². The van der Waals surface area contributed by atoms with Crippen molar-refractivity contribution in [3.05, 3.63) is 27.8 Å². The Morgan fingerprint density at radius 2 is 1.83 bits per heavy atom. The normalized spacial score (nSPS) is 12.2. The molecule has 8 nitrogen and oxygen atoms in total. The molecule has 1 aromatic rings. The van der Waals surface area contributed by atoms with E-state index in [1.807, 2.05) is 0 Å². The first-order valence-electron chi connectivity index (χ1n) is 7.46. The highest BCUT2D eigenvalue weighted by Gasteiger charge is 2.22. The Kier molecular flexibility index (Phi) is 6.39. The average molecular weight is 340 g/mol. The minimum absolute atomic E-state index is 0.139. The van der Waals surface area contributed by atoms with Gasteiger partial charge in [0, 0.05) is 11.6 Å². The van der Waals surface area contributed by atoms with Crippen molar-refractivity contribution in [2.75, 3.05) is 14.2 Å². The van der Waals surface area contributed by atoms with E-state index in [0.29, 0.717) is 17.7 Å². The molecule has 24 heavy (non-hydrogen) atoms. The van der Waals surface area contributed by atoms with Crippen LogP contribution in [0.3, 0.4) is 0 Å². The van der Waals surface area contributed by atoms with Gasteiger partial charge in [0.2, 0.25) is 0 Å². The number of alkyl carbamates (subject to hydrolysis) is 1. The molecule has 0 bridgehead atoms. The van der Waals surface area contributed by atoms with Crippen LogP contribution in [0, 0.1) is 10.1 Å². The van der Waals surface area contributed by atoms with Crippen molar-refractivity contribution in [1.29, 1.82) is 0 Å². The maximum Gasteiger partial charge on any atom is 0.407 e. The minimum Gasteiger partial charge on any atom is -0.496 e. The average Bonchev–Trinajstić information content (AvgIpc) is 2.43. The minimum atomic E-state index is -0.585. The molecular formula is C16H24N2O6. The molecule has 0 radical (unpaired) electrons. The number of rotatable bonds is 6. The molecule has 0 saturated carbocycles. The van der Waals surface area contributed by atoms with E-state index in [0.717, 1.165) is 0 Å². The van der Waals surface area contributed by atoms with Crippen molar-refractivity contribution in [2.24, 2.45) is 0 Å². The van der Waals surface area contributed by atoms with E-state index < -0.39 is 16.6 Å². The summed E-state index contributed by atoms with van der Waals surface area (Å²) in [5.41, 5.74) is -0.0766. The van der Waals surface area contributed by atoms with E-state index in [2.05, 4.69) is 5.32 Å². The molecule has 134 valence electrons. The maximum absolute atomic E-state index is 11.8. The molecule has 0 aromatic heterocycles. The van der Waals surface area contributed by atoms with Gasteiger partial charge in [0.1, 0.15) is 11.4 Å². The Bertz CT molecular complexity index is 609. The monoisotopic (exact) mass is 340 g/mol. The third-order valence-electron chi connectivity index (χ3n) is 3.07. The van der Waals surface area contributed by atoms with E-state index in [1.165, 1.54) is 20.3 Å². The topological polar surface area (TPSA) is 99.9 Å². The van der Waals surface area contributed by atoms with Gasteiger partial charge in [0.15, 0.2) is 5.75 Å². The second-order valence-corrected chi connectivity index (χ2v) is 6.34. The largest absolute Gasteiger partial charge is 0.496 e. The van der Waals surface area contributed by atoms with Crippen LogP contribution in [0.2, 0.25) is 0 Å². The van der Waals surface area contributed by atoms with Crippen LogP contribution in [0.1, 0.15) is 33.3 Å². The van der Waals surface area contributed by atoms with Gasteiger partial charge in [-0.05, 0) is 40.2 Å². The summed E-state index contributed by atoms with van der Waals surface area (Å²) in [6.07, 6.45) is -0.126. The molecular weight excluding hydrogens is 316 g/mol. The number of amides is 1. The van der Waals surface area contributed by atoms with Gasteiger partial charge in [0.05, 0.1) is 25.2 Å². The zero-order chi connectivity index (χ0) is 18.5. The number of hydrogen-bond acceptors (Lipinski definition) is 6. The first-order valence-corrected chi connectivity index (χ1v) is 7.46. The number of benzene rings is 1. The second kappa shape index (κ2) is 7.85. The van der Waals surface area contributed by atoms with Gasteiger partial charge in [-0.15, -0.1) is 0 Å². The van der Waals surface area contributed by atoms with Crippen LogP contribution in [-0.2, 0) is 11.2 Å². The van der Waals surface area contributed by atoms with Gasteiger partial charge in [-0.2, -0.15) is 0 Å². The number of nitro benzene ring substituents is 1. The lowest BCUT2D eigenvalue weighted by Crippen LogP contribution is -2.38. The predicted octanol–water partition coefficient (Wildman–Crippen LogP) is 3.07. The van der Waals surface area contributed by atoms with Crippen LogP contribution in [-0.4, -0.2) is 36.9 Å². The lowest BCUT2D eigenvalue weighted by atomic mass is 10.0. The number of carbonyl (C=O) groups is 1. The summed E-state index contributed by atoms with van der Waals surface area (Å²) in [5, 5.41) is 13.8. The van der Waals surface area contributed by atoms with Crippen LogP contribution in [0.15, 0.2) is 12.1 Å². The molecule has 0 aliphatic rings. The number of hydrogen-bond donors (Lipinski definition) is 1. The van der Waals surface area contributed by atoms with Gasteiger partial charge in [-0.1, -0.05) is 0 Å². The number of carbonyl (C=O) groups excluding carboxylic acids is 1. The van der Waals surface area contributed by atoms with Crippen LogP contribution in [0.25, 0.3) is 0 Å². The molecule has 0 fully saturated rings.